The van der Waals surface area contributed by atoms with E-state index in [2.05, 4.69) is 14.9 Å². The zero-order valence-electron chi connectivity index (χ0n) is 20.3. The van der Waals surface area contributed by atoms with Crippen molar-refractivity contribution >= 4 is 44.0 Å². The van der Waals surface area contributed by atoms with Crippen LogP contribution in [-0.4, -0.2) is 78.9 Å². The van der Waals surface area contributed by atoms with Gasteiger partial charge in [0.1, 0.15) is 0 Å². The predicted octanol–water partition coefficient (Wildman–Crippen LogP) is 3.63. The van der Waals surface area contributed by atoms with Gasteiger partial charge in [0, 0.05) is 55.3 Å². The summed E-state index contributed by atoms with van der Waals surface area (Å²) in [4.78, 5) is 19.8. The highest BCUT2D eigenvalue weighted by Crippen LogP contribution is 2.27. The van der Waals surface area contributed by atoms with Crippen molar-refractivity contribution in [1.29, 1.82) is 0 Å². The van der Waals surface area contributed by atoms with E-state index in [4.69, 9.17) is 11.6 Å². The normalized spacial score (nSPS) is 18.4. The van der Waals surface area contributed by atoms with Crippen molar-refractivity contribution in [3.63, 3.8) is 0 Å². The minimum absolute atomic E-state index is 0.159. The Morgan fingerprint density at radius 1 is 0.972 bits per heavy atom. The van der Waals surface area contributed by atoms with E-state index in [-0.39, 0.29) is 29.9 Å². The van der Waals surface area contributed by atoms with E-state index >= 15 is 0 Å². The zero-order valence-corrected chi connectivity index (χ0v) is 21.8. The molecule has 0 radical (unpaired) electrons. The second-order valence-electron chi connectivity index (χ2n) is 9.19. The molecule has 0 spiro atoms. The summed E-state index contributed by atoms with van der Waals surface area (Å²) >= 11 is 6.05. The molecule has 0 aliphatic carbocycles. The third-order valence-electron chi connectivity index (χ3n) is 7.12. The number of anilines is 1. The van der Waals surface area contributed by atoms with Crippen LogP contribution in [0.4, 0.5) is 5.69 Å². The van der Waals surface area contributed by atoms with Crippen LogP contribution in [0.25, 0.3) is 10.8 Å². The van der Waals surface area contributed by atoms with Gasteiger partial charge in [0.2, 0.25) is 10.0 Å². The molecule has 190 valence electrons. The molecule has 0 unspecified atom stereocenters. The van der Waals surface area contributed by atoms with Gasteiger partial charge in [-0.1, -0.05) is 30.7 Å². The lowest BCUT2D eigenvalue weighted by Crippen LogP contribution is -2.61. The Morgan fingerprint density at radius 3 is 2.36 bits per heavy atom. The maximum absolute atomic E-state index is 13.4. The number of hydrogen-bond donors (Lipinski definition) is 0. The molecule has 2 aliphatic rings. The van der Waals surface area contributed by atoms with Crippen molar-refractivity contribution in [2.75, 3.05) is 44.2 Å². The van der Waals surface area contributed by atoms with Crippen LogP contribution in [0.1, 0.15) is 19.8 Å². The first-order valence-corrected chi connectivity index (χ1v) is 14.1. The van der Waals surface area contributed by atoms with Gasteiger partial charge in [-0.25, -0.2) is 13.4 Å². The molecule has 0 N–H and O–H groups in total. The molecular formula is C26H30ClN5O3S. The molecule has 2 saturated heterocycles. The molecule has 5 rings (SSSR count). The monoisotopic (exact) mass is 527 g/mol. The number of rotatable bonds is 6. The second-order valence-corrected chi connectivity index (χ2v) is 11.6. The Labute approximate surface area is 217 Å². The van der Waals surface area contributed by atoms with Crippen LogP contribution in [0.2, 0.25) is 5.02 Å². The van der Waals surface area contributed by atoms with Gasteiger partial charge in [-0.2, -0.15) is 4.31 Å². The van der Waals surface area contributed by atoms with E-state index in [0.717, 1.165) is 42.4 Å². The summed E-state index contributed by atoms with van der Waals surface area (Å²) in [7, 11) is -3.79. The van der Waals surface area contributed by atoms with Crippen molar-refractivity contribution < 1.29 is 13.2 Å². The number of hydrogen-bond acceptors (Lipinski definition) is 6. The number of hydrazine groups is 1. The van der Waals surface area contributed by atoms with Gasteiger partial charge >= 0.3 is 0 Å². The Balaban J connectivity index is 1.25. The number of amides is 1. The number of halogens is 1. The number of carbonyl (C=O) groups is 1. The van der Waals surface area contributed by atoms with Crippen molar-refractivity contribution in [3.05, 3.63) is 65.9 Å². The van der Waals surface area contributed by atoms with Gasteiger partial charge in [0.05, 0.1) is 18.0 Å². The minimum Gasteiger partial charge on any atom is -0.371 e. The van der Waals surface area contributed by atoms with E-state index in [1.165, 1.54) is 4.31 Å². The molecular weight excluding hydrogens is 498 g/mol. The molecule has 10 heteroatoms. The van der Waals surface area contributed by atoms with Crippen LogP contribution in [0.5, 0.6) is 0 Å². The quantitative estimate of drug-likeness (QED) is 0.487. The highest BCUT2D eigenvalue weighted by Gasteiger charge is 2.37. The van der Waals surface area contributed by atoms with E-state index < -0.39 is 10.0 Å². The van der Waals surface area contributed by atoms with E-state index in [1.54, 1.807) is 53.8 Å². The van der Waals surface area contributed by atoms with E-state index in [1.807, 2.05) is 19.1 Å². The van der Waals surface area contributed by atoms with Crippen molar-refractivity contribution in [3.8, 4) is 0 Å². The maximum Gasteiger partial charge on any atom is 0.252 e. The fourth-order valence-corrected chi connectivity index (χ4v) is 6.82. The van der Waals surface area contributed by atoms with Gasteiger partial charge in [-0.15, -0.1) is 0 Å². The number of aromatic nitrogens is 1. The van der Waals surface area contributed by atoms with Gasteiger partial charge in [0.25, 0.3) is 5.91 Å². The van der Waals surface area contributed by atoms with Crippen molar-refractivity contribution in [1.82, 2.24) is 19.3 Å². The first-order valence-electron chi connectivity index (χ1n) is 12.3. The predicted molar refractivity (Wildman–Crippen MR) is 141 cm³/mol. The highest BCUT2D eigenvalue weighted by atomic mass is 35.5. The van der Waals surface area contributed by atoms with Crippen molar-refractivity contribution in [2.24, 2.45) is 0 Å². The summed E-state index contributed by atoms with van der Waals surface area (Å²) in [6.07, 6.45) is 5.48. The summed E-state index contributed by atoms with van der Waals surface area (Å²) < 4.78 is 28.0. The van der Waals surface area contributed by atoms with Crippen LogP contribution in [0.15, 0.2) is 65.8 Å². The lowest BCUT2D eigenvalue weighted by molar-refractivity contribution is -0.159. The minimum atomic E-state index is -3.79. The van der Waals surface area contributed by atoms with E-state index in [9.17, 15) is 13.2 Å². The molecule has 3 heterocycles. The molecule has 2 aliphatic heterocycles. The van der Waals surface area contributed by atoms with Crippen LogP contribution in [-0.2, 0) is 14.8 Å². The van der Waals surface area contributed by atoms with Crippen LogP contribution in [0, 0.1) is 0 Å². The first-order chi connectivity index (χ1) is 17.4. The molecule has 0 saturated carbocycles. The van der Waals surface area contributed by atoms with Crippen LogP contribution < -0.4 is 4.90 Å². The number of pyridine rings is 1. The lowest BCUT2D eigenvalue weighted by Gasteiger charge is -2.46. The first kappa shape index (κ1) is 25.0. The summed E-state index contributed by atoms with van der Waals surface area (Å²) in [5.74, 6) is -0.184. The molecule has 2 fully saturated rings. The van der Waals surface area contributed by atoms with E-state index in [0.29, 0.717) is 18.1 Å². The summed E-state index contributed by atoms with van der Waals surface area (Å²) in [6, 6.07) is 14.6. The number of fused-ring (bicyclic) bond motifs is 1. The molecule has 36 heavy (non-hydrogen) atoms. The summed E-state index contributed by atoms with van der Waals surface area (Å²) in [5, 5.41) is 6.16. The third-order valence-corrected chi connectivity index (χ3v) is 9.20. The number of piperidine rings is 1. The SMILES string of the molecule is CCN(C1CCN(c2ccncc2)CC1)N1CCN(S(=O)(=O)c2ccc3cc(Cl)ccc3c2)CC1=O. The topological polar surface area (TPSA) is 77.1 Å². The van der Waals surface area contributed by atoms with Gasteiger partial charge < -0.3 is 4.90 Å². The number of piperazine rings is 1. The largest absolute Gasteiger partial charge is 0.371 e. The zero-order chi connectivity index (χ0) is 25.3. The smallest absolute Gasteiger partial charge is 0.252 e. The molecule has 1 aromatic heterocycles. The fraction of sp³-hybridized carbons (Fsp3) is 0.385. The standard InChI is InChI=1S/C26H30ClN5O3S/c1-2-31(24-9-13-29(14-10-24)23-7-11-28-12-8-23)32-16-15-30(19-26(32)33)36(34,35)25-6-4-20-17-22(27)5-3-21(20)18-25/h3-8,11-12,17-18,24H,2,9-10,13-16,19H2,1H3. The van der Waals surface area contributed by atoms with Crippen LogP contribution in [0.3, 0.4) is 0 Å². The van der Waals surface area contributed by atoms with Gasteiger partial charge in [-0.3, -0.25) is 14.8 Å². The lowest BCUT2D eigenvalue weighted by atomic mass is 10.0. The number of sulfonamides is 1. The average molecular weight is 528 g/mol. The average Bonchev–Trinajstić information content (AvgIpc) is 2.90. The van der Waals surface area contributed by atoms with Gasteiger partial charge in [-0.05, 0) is 60.0 Å². The Kier molecular flexibility index (Phi) is 7.16. The molecule has 2 aromatic carbocycles. The van der Waals surface area contributed by atoms with Gasteiger partial charge in [0.15, 0.2) is 0 Å². The molecule has 8 nitrogen and oxygen atoms in total. The third kappa shape index (κ3) is 4.93. The highest BCUT2D eigenvalue weighted by molar-refractivity contribution is 7.89. The number of carbonyl (C=O) groups excluding carboxylic acids is 1. The molecule has 3 aromatic rings. The maximum atomic E-state index is 13.4. The van der Waals surface area contributed by atoms with Crippen molar-refractivity contribution in [2.45, 2.75) is 30.7 Å². The number of benzene rings is 2. The second kappa shape index (κ2) is 10.3. The molecule has 0 bridgehead atoms. The molecule has 1 amide bonds. The summed E-state index contributed by atoms with van der Waals surface area (Å²) in [6.45, 7) is 5.01. The molecule has 0 atom stereocenters. The van der Waals surface area contributed by atoms with Crippen LogP contribution >= 0.6 is 11.6 Å². The Morgan fingerprint density at radius 2 is 1.67 bits per heavy atom. The summed E-state index contributed by atoms with van der Waals surface area (Å²) in [5.41, 5.74) is 1.16. The Bertz CT molecular complexity index is 1350. The number of nitrogens with zero attached hydrogens (tertiary/aromatic N) is 5. The Hall–Kier alpha value is -2.72. The fourth-order valence-electron chi connectivity index (χ4n) is 5.23.